The normalized spacial score (nSPS) is 22.1. The van der Waals surface area contributed by atoms with Crippen LogP contribution in [0.3, 0.4) is 0 Å². The van der Waals surface area contributed by atoms with E-state index in [9.17, 15) is 24.9 Å². The summed E-state index contributed by atoms with van der Waals surface area (Å²) < 4.78 is 5.01. The molecule has 1 heterocycles. The summed E-state index contributed by atoms with van der Waals surface area (Å²) in [4.78, 5) is 23.2. The molecule has 1 aromatic rings. The number of carboxylic acid groups (broad SMARTS) is 1. The molecular weight excluding hydrogens is 254 g/mol. The van der Waals surface area contributed by atoms with Crippen LogP contribution in [0.1, 0.15) is 16.8 Å². The number of amides is 1. The van der Waals surface area contributed by atoms with Crippen molar-refractivity contribution in [1.82, 2.24) is 5.32 Å². The maximum Gasteiger partial charge on any atom is 0.331 e. The molecule has 1 aliphatic heterocycles. The monoisotopic (exact) mass is 267 g/mol. The van der Waals surface area contributed by atoms with E-state index in [1.54, 1.807) is 0 Å². The van der Waals surface area contributed by atoms with Crippen molar-refractivity contribution in [3.8, 4) is 11.5 Å². The van der Waals surface area contributed by atoms with Gasteiger partial charge < -0.3 is 25.4 Å². The Kier molecular flexibility index (Phi) is 3.30. The van der Waals surface area contributed by atoms with Crippen LogP contribution in [0.25, 0.3) is 0 Å². The first kappa shape index (κ1) is 13.2. The molecule has 7 nitrogen and oxygen atoms in total. The third-order valence-corrected chi connectivity index (χ3v) is 2.95. The standard InChI is InChI=1S/C12H13NO6/c14-8-3-7(4-9(15)5-8)10(16)13-12(11(17)18)1-2-19-6-12/h3-5,14-15H,1-2,6H2,(H,13,16)(H,17,18)/t12-/m0/s1. The van der Waals surface area contributed by atoms with Crippen molar-refractivity contribution in [2.45, 2.75) is 12.0 Å². The van der Waals surface area contributed by atoms with Gasteiger partial charge in [-0.2, -0.15) is 0 Å². The summed E-state index contributed by atoms with van der Waals surface area (Å²) in [6.45, 7) is 0.136. The first-order chi connectivity index (χ1) is 8.93. The van der Waals surface area contributed by atoms with Gasteiger partial charge >= 0.3 is 5.97 Å². The van der Waals surface area contributed by atoms with Crippen molar-refractivity contribution >= 4 is 11.9 Å². The Morgan fingerprint density at radius 3 is 2.32 bits per heavy atom. The minimum atomic E-state index is -1.46. The second kappa shape index (κ2) is 4.77. The highest BCUT2D eigenvalue weighted by Crippen LogP contribution is 2.23. The highest BCUT2D eigenvalue weighted by atomic mass is 16.5. The number of aromatic hydroxyl groups is 2. The molecule has 1 saturated heterocycles. The SMILES string of the molecule is O=C(N[C@@]1(C(=O)O)CCOC1)c1cc(O)cc(O)c1. The summed E-state index contributed by atoms with van der Waals surface area (Å²) in [6.07, 6.45) is 0.166. The van der Waals surface area contributed by atoms with Crippen molar-refractivity contribution in [3.63, 3.8) is 0 Å². The van der Waals surface area contributed by atoms with Crippen LogP contribution in [0.15, 0.2) is 18.2 Å². The van der Waals surface area contributed by atoms with Gasteiger partial charge in [-0.1, -0.05) is 0 Å². The first-order valence-corrected chi connectivity index (χ1v) is 5.60. The van der Waals surface area contributed by atoms with Gasteiger partial charge in [-0.15, -0.1) is 0 Å². The number of benzene rings is 1. The smallest absolute Gasteiger partial charge is 0.331 e. The number of hydrogen-bond acceptors (Lipinski definition) is 5. The molecule has 1 atom stereocenters. The zero-order valence-corrected chi connectivity index (χ0v) is 9.92. The number of hydrogen-bond donors (Lipinski definition) is 4. The molecule has 0 unspecified atom stereocenters. The van der Waals surface area contributed by atoms with Gasteiger partial charge in [0.1, 0.15) is 11.5 Å². The lowest BCUT2D eigenvalue weighted by atomic mass is 9.98. The number of aliphatic carboxylic acids is 1. The van der Waals surface area contributed by atoms with Crippen molar-refractivity contribution in [1.29, 1.82) is 0 Å². The van der Waals surface area contributed by atoms with Crippen LogP contribution in [0.4, 0.5) is 0 Å². The van der Waals surface area contributed by atoms with E-state index in [1.165, 1.54) is 0 Å². The molecule has 0 radical (unpaired) electrons. The van der Waals surface area contributed by atoms with E-state index >= 15 is 0 Å². The fraction of sp³-hybridized carbons (Fsp3) is 0.333. The Morgan fingerprint density at radius 2 is 1.84 bits per heavy atom. The van der Waals surface area contributed by atoms with E-state index in [1.807, 2.05) is 0 Å². The Labute approximate surface area is 108 Å². The van der Waals surface area contributed by atoms with Crippen LogP contribution in [0, 0.1) is 0 Å². The van der Waals surface area contributed by atoms with Gasteiger partial charge in [-0.25, -0.2) is 4.79 Å². The van der Waals surface area contributed by atoms with Crippen molar-refractivity contribution in [2.24, 2.45) is 0 Å². The fourth-order valence-electron chi connectivity index (χ4n) is 1.90. The molecule has 0 saturated carbocycles. The molecule has 0 aliphatic carbocycles. The minimum Gasteiger partial charge on any atom is -0.508 e. The van der Waals surface area contributed by atoms with Gasteiger partial charge in [-0.05, 0) is 12.1 Å². The second-order valence-electron chi connectivity index (χ2n) is 4.38. The zero-order chi connectivity index (χ0) is 14.0. The lowest BCUT2D eigenvalue weighted by Crippen LogP contribution is -2.55. The highest BCUT2D eigenvalue weighted by molar-refractivity contribution is 5.98. The number of carboxylic acids is 1. The van der Waals surface area contributed by atoms with Crippen LogP contribution in [0.5, 0.6) is 11.5 Å². The number of phenols is 2. The van der Waals surface area contributed by atoms with E-state index in [4.69, 9.17) is 4.74 Å². The summed E-state index contributed by atoms with van der Waals surface area (Å²) >= 11 is 0. The van der Waals surface area contributed by atoms with E-state index in [0.717, 1.165) is 18.2 Å². The number of carbonyl (C=O) groups excluding carboxylic acids is 1. The summed E-state index contributed by atoms with van der Waals surface area (Å²) in [7, 11) is 0. The Balaban J connectivity index is 2.22. The average Bonchev–Trinajstić information content (AvgIpc) is 2.77. The largest absolute Gasteiger partial charge is 0.508 e. The molecule has 0 aromatic heterocycles. The second-order valence-corrected chi connectivity index (χ2v) is 4.38. The number of rotatable bonds is 3. The lowest BCUT2D eigenvalue weighted by Gasteiger charge is -2.23. The van der Waals surface area contributed by atoms with Crippen molar-refractivity contribution < 1.29 is 29.6 Å². The third kappa shape index (κ3) is 2.60. The van der Waals surface area contributed by atoms with E-state index in [0.29, 0.717) is 0 Å². The van der Waals surface area contributed by atoms with E-state index < -0.39 is 17.4 Å². The number of phenolic OH excluding ortho intramolecular Hbond substituents is 2. The molecule has 1 aromatic carbocycles. The molecule has 7 heteroatoms. The number of nitrogens with one attached hydrogen (secondary N) is 1. The molecule has 4 N–H and O–H groups in total. The average molecular weight is 267 g/mol. The van der Waals surface area contributed by atoms with Crippen LogP contribution >= 0.6 is 0 Å². The lowest BCUT2D eigenvalue weighted by molar-refractivity contribution is -0.144. The Morgan fingerprint density at radius 1 is 1.21 bits per heavy atom. The molecule has 1 fully saturated rings. The zero-order valence-electron chi connectivity index (χ0n) is 9.92. The Bertz CT molecular complexity index is 501. The molecule has 2 rings (SSSR count). The molecule has 19 heavy (non-hydrogen) atoms. The van der Waals surface area contributed by atoms with Crippen LogP contribution < -0.4 is 5.32 Å². The van der Waals surface area contributed by atoms with Crippen LogP contribution in [-0.2, 0) is 9.53 Å². The molecular formula is C12H13NO6. The van der Waals surface area contributed by atoms with Gasteiger partial charge in [0, 0.05) is 24.7 Å². The van der Waals surface area contributed by atoms with Gasteiger partial charge in [0.25, 0.3) is 5.91 Å². The number of carbonyl (C=O) groups is 2. The summed E-state index contributed by atoms with van der Waals surface area (Å²) in [5.41, 5.74) is -1.48. The van der Waals surface area contributed by atoms with E-state index in [2.05, 4.69) is 5.32 Å². The molecule has 0 spiro atoms. The van der Waals surface area contributed by atoms with Crippen molar-refractivity contribution in [2.75, 3.05) is 13.2 Å². The van der Waals surface area contributed by atoms with Crippen molar-refractivity contribution in [3.05, 3.63) is 23.8 Å². The van der Waals surface area contributed by atoms with Gasteiger partial charge in [0.2, 0.25) is 0 Å². The molecule has 1 amide bonds. The molecule has 102 valence electrons. The molecule has 1 aliphatic rings. The van der Waals surface area contributed by atoms with Gasteiger partial charge in [-0.3, -0.25) is 4.79 Å². The van der Waals surface area contributed by atoms with Crippen LogP contribution in [0.2, 0.25) is 0 Å². The topological polar surface area (TPSA) is 116 Å². The highest BCUT2D eigenvalue weighted by Gasteiger charge is 2.44. The summed E-state index contributed by atoms with van der Waals surface area (Å²) in [5.74, 6) is -2.43. The predicted octanol–water partition coefficient (Wildman–Crippen LogP) is 0.0713. The summed E-state index contributed by atoms with van der Waals surface area (Å²) in [5, 5.41) is 30.1. The predicted molar refractivity (Wildman–Crippen MR) is 63.0 cm³/mol. The molecule has 0 bridgehead atoms. The maximum atomic E-state index is 12.0. The Hall–Kier alpha value is -2.28. The summed E-state index contributed by atoms with van der Waals surface area (Å²) in [6, 6.07) is 3.35. The van der Waals surface area contributed by atoms with Crippen LogP contribution in [-0.4, -0.2) is 45.9 Å². The third-order valence-electron chi connectivity index (χ3n) is 2.95. The first-order valence-electron chi connectivity index (χ1n) is 5.60. The maximum absolute atomic E-state index is 12.0. The van der Waals surface area contributed by atoms with Gasteiger partial charge in [0.05, 0.1) is 6.61 Å². The van der Waals surface area contributed by atoms with E-state index in [-0.39, 0.29) is 36.7 Å². The minimum absolute atomic E-state index is 0.0231. The fourth-order valence-corrected chi connectivity index (χ4v) is 1.90. The number of ether oxygens (including phenoxy) is 1. The quantitative estimate of drug-likeness (QED) is 0.616. The van der Waals surface area contributed by atoms with Gasteiger partial charge in [0.15, 0.2) is 5.54 Å².